The quantitative estimate of drug-likeness (QED) is 0.466. The largest absolute Gasteiger partial charge is 0.437 e. The second kappa shape index (κ2) is 8.51. The van der Waals surface area contributed by atoms with E-state index in [0.717, 1.165) is 48.8 Å². The van der Waals surface area contributed by atoms with Crippen LogP contribution in [0.5, 0.6) is 11.6 Å². The van der Waals surface area contributed by atoms with Gasteiger partial charge in [0, 0.05) is 25.8 Å². The molecule has 1 saturated heterocycles. The van der Waals surface area contributed by atoms with E-state index in [0.29, 0.717) is 30.8 Å². The van der Waals surface area contributed by atoms with Gasteiger partial charge in [0.2, 0.25) is 11.8 Å². The molecule has 0 N–H and O–H groups in total. The Morgan fingerprint density at radius 1 is 0.879 bits per heavy atom. The summed E-state index contributed by atoms with van der Waals surface area (Å²) in [6.45, 7) is 3.59. The molecule has 2 aliphatic rings. The Hall–Kier alpha value is -3.98. The molecule has 1 aromatic carbocycles. The molecule has 33 heavy (non-hydrogen) atoms. The van der Waals surface area contributed by atoms with E-state index < -0.39 is 0 Å². The fourth-order valence-electron chi connectivity index (χ4n) is 4.15. The van der Waals surface area contributed by atoms with Gasteiger partial charge in [-0.1, -0.05) is 18.2 Å². The molecule has 0 unspecified atom stereocenters. The summed E-state index contributed by atoms with van der Waals surface area (Å²) in [5.74, 6) is 2.74. The third kappa shape index (κ3) is 3.87. The van der Waals surface area contributed by atoms with Crippen LogP contribution in [0.2, 0.25) is 0 Å². The lowest BCUT2D eigenvalue weighted by atomic mass is 10.2. The number of aromatic nitrogens is 5. The van der Waals surface area contributed by atoms with Crippen LogP contribution in [0.25, 0.3) is 5.69 Å². The van der Waals surface area contributed by atoms with Gasteiger partial charge in [0.1, 0.15) is 11.6 Å². The number of benzene rings is 1. The van der Waals surface area contributed by atoms with E-state index in [-0.39, 0.29) is 0 Å². The Labute approximate surface area is 191 Å². The van der Waals surface area contributed by atoms with Crippen molar-refractivity contribution < 1.29 is 9.47 Å². The van der Waals surface area contributed by atoms with Crippen LogP contribution in [0.1, 0.15) is 5.56 Å². The minimum atomic E-state index is 0.576. The van der Waals surface area contributed by atoms with Crippen molar-refractivity contribution in [3.8, 4) is 17.3 Å². The molecular formula is C24H23N7O2. The van der Waals surface area contributed by atoms with Crippen LogP contribution in [-0.4, -0.2) is 57.6 Å². The summed E-state index contributed by atoms with van der Waals surface area (Å²) in [5, 5.41) is 4.57. The lowest BCUT2D eigenvalue weighted by molar-refractivity contribution is 0.122. The number of morpholine rings is 1. The number of fused-ring (bicyclic) bond motifs is 1. The first-order valence-electron chi connectivity index (χ1n) is 11.0. The first kappa shape index (κ1) is 19.7. The molecule has 0 saturated carbocycles. The van der Waals surface area contributed by atoms with Crippen molar-refractivity contribution in [2.24, 2.45) is 0 Å². The summed E-state index contributed by atoms with van der Waals surface area (Å²) < 4.78 is 13.6. The average molecular weight is 441 g/mol. The third-order valence-corrected chi connectivity index (χ3v) is 5.82. The SMILES string of the molecule is c1ccc(-n2cc(N3CCc4c(Oc5cccnc5)nc(N5CCOCC5)nc43)cn2)cc1. The Morgan fingerprint density at radius 3 is 2.58 bits per heavy atom. The van der Waals surface area contributed by atoms with E-state index in [4.69, 9.17) is 19.4 Å². The number of hydrogen-bond donors (Lipinski definition) is 0. The number of nitrogens with zero attached hydrogens (tertiary/aromatic N) is 7. The van der Waals surface area contributed by atoms with E-state index >= 15 is 0 Å². The molecule has 0 bridgehead atoms. The van der Waals surface area contributed by atoms with Crippen LogP contribution in [0.15, 0.2) is 67.3 Å². The van der Waals surface area contributed by atoms with Crippen molar-refractivity contribution in [1.82, 2.24) is 24.7 Å². The van der Waals surface area contributed by atoms with Crippen LogP contribution in [0.4, 0.5) is 17.5 Å². The topological polar surface area (TPSA) is 81.4 Å². The summed E-state index contributed by atoms with van der Waals surface area (Å²) in [5.41, 5.74) is 2.99. The molecule has 0 atom stereocenters. The zero-order valence-corrected chi connectivity index (χ0v) is 18.0. The van der Waals surface area contributed by atoms with Crippen molar-refractivity contribution in [3.05, 3.63) is 72.8 Å². The van der Waals surface area contributed by atoms with Crippen molar-refractivity contribution >= 4 is 17.5 Å². The maximum atomic E-state index is 6.19. The standard InChI is InChI=1S/C24H23N7O2/c1-2-5-18(6-3-1)31-17-19(15-26-31)30-10-8-21-22(30)27-24(29-11-13-32-14-12-29)28-23(21)33-20-7-4-9-25-16-20/h1-7,9,15-17H,8,10-14H2. The van der Waals surface area contributed by atoms with Gasteiger partial charge < -0.3 is 19.3 Å². The van der Waals surface area contributed by atoms with Gasteiger partial charge in [0.15, 0.2) is 0 Å². The molecule has 9 heteroatoms. The van der Waals surface area contributed by atoms with Crippen LogP contribution in [-0.2, 0) is 11.2 Å². The minimum Gasteiger partial charge on any atom is -0.437 e. The van der Waals surface area contributed by atoms with E-state index in [1.165, 1.54) is 0 Å². The first-order chi connectivity index (χ1) is 16.3. The molecule has 4 aromatic rings. The molecule has 0 radical (unpaired) electrons. The summed E-state index contributed by atoms with van der Waals surface area (Å²) in [4.78, 5) is 18.3. The molecule has 0 amide bonds. The molecule has 0 aliphatic carbocycles. The van der Waals surface area contributed by atoms with Gasteiger partial charge in [-0.3, -0.25) is 4.98 Å². The molecular weight excluding hydrogens is 418 g/mol. The van der Waals surface area contributed by atoms with Crippen LogP contribution >= 0.6 is 0 Å². The molecule has 166 valence electrons. The van der Waals surface area contributed by atoms with Crippen LogP contribution < -0.4 is 14.5 Å². The van der Waals surface area contributed by atoms with Gasteiger partial charge in [-0.2, -0.15) is 15.1 Å². The highest BCUT2D eigenvalue weighted by molar-refractivity contribution is 5.69. The average Bonchev–Trinajstić information content (AvgIpc) is 3.53. The Balaban J connectivity index is 1.39. The van der Waals surface area contributed by atoms with Crippen LogP contribution in [0.3, 0.4) is 0 Å². The summed E-state index contributed by atoms with van der Waals surface area (Å²) in [6, 6.07) is 13.8. The van der Waals surface area contributed by atoms with E-state index in [1.807, 2.05) is 59.5 Å². The van der Waals surface area contributed by atoms with Crippen LogP contribution in [0, 0.1) is 0 Å². The number of para-hydroxylation sites is 1. The summed E-state index contributed by atoms with van der Waals surface area (Å²) in [7, 11) is 0. The Kier molecular flexibility index (Phi) is 5.08. The smallest absolute Gasteiger partial charge is 0.230 e. The van der Waals surface area contributed by atoms with Crippen molar-refractivity contribution in [2.75, 3.05) is 42.6 Å². The number of anilines is 3. The second-order valence-corrected chi connectivity index (χ2v) is 7.90. The predicted octanol–water partition coefficient (Wildman–Crippen LogP) is 3.38. The minimum absolute atomic E-state index is 0.576. The third-order valence-electron chi connectivity index (χ3n) is 5.82. The first-order valence-corrected chi connectivity index (χ1v) is 11.0. The maximum Gasteiger partial charge on any atom is 0.230 e. The Morgan fingerprint density at radius 2 is 1.76 bits per heavy atom. The number of ether oxygens (including phenoxy) is 2. The van der Waals surface area contributed by atoms with Crippen molar-refractivity contribution in [2.45, 2.75) is 6.42 Å². The van der Waals surface area contributed by atoms with Gasteiger partial charge in [0.05, 0.1) is 48.7 Å². The number of pyridine rings is 1. The fourth-order valence-corrected chi connectivity index (χ4v) is 4.15. The molecule has 1 fully saturated rings. The highest BCUT2D eigenvalue weighted by Gasteiger charge is 2.30. The highest BCUT2D eigenvalue weighted by Crippen LogP contribution is 2.40. The van der Waals surface area contributed by atoms with Gasteiger partial charge in [-0.25, -0.2) is 4.68 Å². The highest BCUT2D eigenvalue weighted by atomic mass is 16.5. The number of hydrogen-bond acceptors (Lipinski definition) is 8. The lowest BCUT2D eigenvalue weighted by Crippen LogP contribution is -2.37. The van der Waals surface area contributed by atoms with Gasteiger partial charge >= 0.3 is 0 Å². The number of rotatable bonds is 5. The van der Waals surface area contributed by atoms with E-state index in [9.17, 15) is 0 Å². The molecule has 0 spiro atoms. The molecule has 6 rings (SSSR count). The lowest BCUT2D eigenvalue weighted by Gasteiger charge is -2.28. The van der Waals surface area contributed by atoms with Crippen molar-refractivity contribution in [3.63, 3.8) is 0 Å². The monoisotopic (exact) mass is 441 g/mol. The maximum absolute atomic E-state index is 6.19. The summed E-state index contributed by atoms with van der Waals surface area (Å²) >= 11 is 0. The summed E-state index contributed by atoms with van der Waals surface area (Å²) in [6.07, 6.45) is 8.11. The Bertz CT molecular complexity index is 1240. The van der Waals surface area contributed by atoms with E-state index in [1.54, 1.807) is 12.4 Å². The van der Waals surface area contributed by atoms with Crippen molar-refractivity contribution in [1.29, 1.82) is 0 Å². The normalized spacial score (nSPS) is 15.5. The van der Waals surface area contributed by atoms with E-state index in [2.05, 4.69) is 19.9 Å². The molecule has 9 nitrogen and oxygen atoms in total. The zero-order chi connectivity index (χ0) is 22.0. The van der Waals surface area contributed by atoms with Gasteiger partial charge in [-0.15, -0.1) is 0 Å². The van der Waals surface area contributed by atoms with Gasteiger partial charge in [0.25, 0.3) is 0 Å². The molecule has 5 heterocycles. The molecule has 3 aromatic heterocycles. The predicted molar refractivity (Wildman–Crippen MR) is 124 cm³/mol. The van der Waals surface area contributed by atoms with Gasteiger partial charge in [-0.05, 0) is 30.7 Å². The fraction of sp³-hybridized carbons (Fsp3) is 0.250. The zero-order valence-electron chi connectivity index (χ0n) is 18.0. The molecule has 2 aliphatic heterocycles. The second-order valence-electron chi connectivity index (χ2n) is 7.90.